The van der Waals surface area contributed by atoms with Gasteiger partial charge in [-0.2, -0.15) is 0 Å². The molecule has 18 heavy (non-hydrogen) atoms. The second-order valence-corrected chi connectivity index (χ2v) is 5.64. The van der Waals surface area contributed by atoms with Gasteiger partial charge >= 0.3 is 5.97 Å². The van der Waals surface area contributed by atoms with Gasteiger partial charge < -0.3 is 9.64 Å². The second kappa shape index (κ2) is 6.76. The van der Waals surface area contributed by atoms with Crippen molar-refractivity contribution in [2.24, 2.45) is 11.8 Å². The van der Waals surface area contributed by atoms with Crippen LogP contribution in [-0.2, 0) is 14.3 Å². The Kier molecular flexibility index (Phi) is 5.63. The highest BCUT2D eigenvalue weighted by Gasteiger charge is 2.36. The number of hydrogen-bond acceptors (Lipinski definition) is 3. The van der Waals surface area contributed by atoms with Crippen molar-refractivity contribution in [3.05, 3.63) is 0 Å². The first-order valence-corrected chi connectivity index (χ1v) is 6.83. The van der Waals surface area contributed by atoms with E-state index in [0.717, 1.165) is 12.8 Å². The number of nitrogens with zero attached hydrogens (tertiary/aromatic N) is 1. The minimum atomic E-state index is -0.268. The highest BCUT2D eigenvalue weighted by atomic mass is 16.5. The Morgan fingerprint density at radius 2 is 2.06 bits per heavy atom. The summed E-state index contributed by atoms with van der Waals surface area (Å²) in [6.07, 6.45) is 3.64. The molecule has 0 spiro atoms. The number of ether oxygens (including phenoxy) is 1. The van der Waals surface area contributed by atoms with Crippen molar-refractivity contribution in [2.75, 3.05) is 13.7 Å². The van der Waals surface area contributed by atoms with Gasteiger partial charge in [-0.15, -0.1) is 0 Å². The van der Waals surface area contributed by atoms with Crippen molar-refractivity contribution in [2.45, 2.75) is 52.5 Å². The molecular formula is C14H25NO3. The lowest BCUT2D eigenvalue weighted by molar-refractivity contribution is -0.145. The first-order chi connectivity index (χ1) is 8.45. The molecule has 2 unspecified atom stereocenters. The number of carbonyl (C=O) groups is 2. The van der Waals surface area contributed by atoms with Crippen LogP contribution in [0.1, 0.15) is 46.5 Å². The lowest BCUT2D eigenvalue weighted by Gasteiger charge is -2.24. The lowest BCUT2D eigenvalue weighted by Crippen LogP contribution is -2.35. The third-order valence-electron chi connectivity index (χ3n) is 3.63. The maximum absolute atomic E-state index is 11.9. The zero-order valence-corrected chi connectivity index (χ0v) is 11.9. The Balaban J connectivity index is 2.41. The lowest BCUT2D eigenvalue weighted by atomic mass is 10.0. The van der Waals surface area contributed by atoms with E-state index >= 15 is 0 Å². The molecule has 0 saturated carbocycles. The van der Waals surface area contributed by atoms with E-state index in [1.54, 1.807) is 0 Å². The Morgan fingerprint density at radius 1 is 1.39 bits per heavy atom. The number of rotatable bonds is 6. The Morgan fingerprint density at radius 3 is 2.61 bits per heavy atom. The second-order valence-electron chi connectivity index (χ2n) is 5.64. The van der Waals surface area contributed by atoms with Crippen LogP contribution in [0.4, 0.5) is 0 Å². The fourth-order valence-corrected chi connectivity index (χ4v) is 2.46. The van der Waals surface area contributed by atoms with Gasteiger partial charge in [0.05, 0.1) is 13.0 Å². The number of carbonyl (C=O) groups excluding carboxylic acids is 2. The van der Waals surface area contributed by atoms with Crippen molar-refractivity contribution >= 4 is 11.9 Å². The number of likely N-dealkylation sites (tertiary alicyclic amines) is 1. The molecule has 1 fully saturated rings. The smallest absolute Gasteiger partial charge is 0.310 e. The quantitative estimate of drug-likeness (QED) is 0.684. The largest absolute Gasteiger partial charge is 0.469 e. The fourth-order valence-electron chi connectivity index (χ4n) is 2.46. The van der Waals surface area contributed by atoms with Crippen LogP contribution in [0, 0.1) is 11.8 Å². The molecule has 0 aromatic carbocycles. The van der Waals surface area contributed by atoms with Gasteiger partial charge in [0.15, 0.2) is 0 Å². The molecule has 0 bridgehead atoms. The topological polar surface area (TPSA) is 46.6 Å². The molecule has 0 N–H and O–H groups in total. The molecule has 1 rings (SSSR count). The van der Waals surface area contributed by atoms with Crippen LogP contribution >= 0.6 is 0 Å². The normalized spacial score (nSPS) is 21.5. The third kappa shape index (κ3) is 4.00. The van der Waals surface area contributed by atoms with Gasteiger partial charge in [-0.05, 0) is 19.3 Å². The minimum absolute atomic E-state index is 0.0856. The predicted octanol–water partition coefficient (Wildman–Crippen LogP) is 2.22. The van der Waals surface area contributed by atoms with E-state index in [-0.39, 0.29) is 23.8 Å². The summed E-state index contributed by atoms with van der Waals surface area (Å²) >= 11 is 0. The Hall–Kier alpha value is -1.06. The number of amides is 1. The zero-order valence-electron chi connectivity index (χ0n) is 11.9. The van der Waals surface area contributed by atoms with Crippen molar-refractivity contribution in [3.63, 3.8) is 0 Å². The van der Waals surface area contributed by atoms with Gasteiger partial charge in [0.1, 0.15) is 0 Å². The van der Waals surface area contributed by atoms with Gasteiger partial charge in [0.2, 0.25) is 5.91 Å². The average molecular weight is 255 g/mol. The highest BCUT2D eigenvalue weighted by Crippen LogP contribution is 2.23. The molecule has 4 nitrogen and oxygen atoms in total. The molecule has 0 radical (unpaired) electrons. The molecule has 0 aromatic heterocycles. The molecule has 1 aliphatic rings. The Bertz CT molecular complexity index is 301. The van der Waals surface area contributed by atoms with Crippen molar-refractivity contribution < 1.29 is 14.3 Å². The summed E-state index contributed by atoms with van der Waals surface area (Å²) in [4.78, 5) is 25.1. The van der Waals surface area contributed by atoms with E-state index in [2.05, 4.69) is 20.8 Å². The van der Waals surface area contributed by atoms with Crippen molar-refractivity contribution in [1.82, 2.24) is 4.90 Å². The molecule has 1 amide bonds. The van der Waals surface area contributed by atoms with E-state index < -0.39 is 0 Å². The van der Waals surface area contributed by atoms with Crippen molar-refractivity contribution in [3.8, 4) is 0 Å². The summed E-state index contributed by atoms with van der Waals surface area (Å²) in [7, 11) is 1.38. The summed E-state index contributed by atoms with van der Waals surface area (Å²) in [5, 5.41) is 0. The average Bonchev–Trinajstić information content (AvgIpc) is 2.69. The maximum Gasteiger partial charge on any atom is 0.310 e. The zero-order chi connectivity index (χ0) is 13.7. The first kappa shape index (κ1) is 15.0. The van der Waals surface area contributed by atoms with Gasteiger partial charge in [-0.1, -0.05) is 26.7 Å². The molecule has 0 aliphatic carbocycles. The number of methoxy groups -OCH3 is 1. The molecule has 104 valence electrons. The van der Waals surface area contributed by atoms with Crippen LogP contribution in [0.25, 0.3) is 0 Å². The van der Waals surface area contributed by atoms with Crippen molar-refractivity contribution in [1.29, 1.82) is 0 Å². The van der Waals surface area contributed by atoms with Gasteiger partial charge in [-0.3, -0.25) is 9.59 Å². The van der Waals surface area contributed by atoms with Crippen LogP contribution in [0.15, 0.2) is 0 Å². The van der Waals surface area contributed by atoms with Gasteiger partial charge in [0.25, 0.3) is 0 Å². The van der Waals surface area contributed by atoms with E-state index in [4.69, 9.17) is 4.74 Å². The van der Waals surface area contributed by atoms with Gasteiger partial charge in [0, 0.05) is 19.0 Å². The summed E-state index contributed by atoms with van der Waals surface area (Å²) in [6, 6.07) is 0.228. The maximum atomic E-state index is 11.9. The number of esters is 1. The molecule has 1 saturated heterocycles. The third-order valence-corrected chi connectivity index (χ3v) is 3.63. The fraction of sp³-hybridized carbons (Fsp3) is 0.857. The first-order valence-electron chi connectivity index (χ1n) is 6.83. The number of hydrogen-bond donors (Lipinski definition) is 0. The van der Waals surface area contributed by atoms with Crippen LogP contribution < -0.4 is 0 Å². The molecule has 1 heterocycles. The van der Waals surface area contributed by atoms with E-state index in [1.807, 2.05) is 4.90 Å². The summed E-state index contributed by atoms with van der Waals surface area (Å²) in [5.41, 5.74) is 0. The van der Waals surface area contributed by atoms with Gasteiger partial charge in [-0.25, -0.2) is 0 Å². The van der Waals surface area contributed by atoms with Crippen LogP contribution in [0.5, 0.6) is 0 Å². The SMILES string of the molecule is COC(=O)C1CC(=O)N(C(C)CCCC(C)C)C1. The standard InChI is InChI=1S/C14H25NO3/c1-10(2)6-5-7-11(3)15-9-12(8-13(15)16)14(17)18-4/h10-12H,5-9H2,1-4H3. The van der Waals surface area contributed by atoms with Crippen LogP contribution in [0.3, 0.4) is 0 Å². The molecule has 2 atom stereocenters. The van der Waals surface area contributed by atoms with Crippen LogP contribution in [-0.4, -0.2) is 36.5 Å². The van der Waals surface area contributed by atoms with E-state index in [9.17, 15) is 9.59 Å². The molecule has 1 aliphatic heterocycles. The predicted molar refractivity (Wildman–Crippen MR) is 70.0 cm³/mol. The Labute approximate surface area is 110 Å². The molecule has 0 aromatic rings. The highest BCUT2D eigenvalue weighted by molar-refractivity contribution is 5.86. The van der Waals surface area contributed by atoms with E-state index in [0.29, 0.717) is 18.9 Å². The summed E-state index contributed by atoms with van der Waals surface area (Å²) in [6.45, 7) is 7.00. The molecule has 4 heteroatoms. The summed E-state index contributed by atoms with van der Waals surface area (Å²) in [5.74, 6) is 0.257. The minimum Gasteiger partial charge on any atom is -0.469 e. The van der Waals surface area contributed by atoms with E-state index in [1.165, 1.54) is 13.5 Å². The molecular weight excluding hydrogens is 230 g/mol. The monoisotopic (exact) mass is 255 g/mol. The van der Waals surface area contributed by atoms with Crippen LogP contribution in [0.2, 0.25) is 0 Å². The summed E-state index contributed by atoms with van der Waals surface area (Å²) < 4.78 is 4.71.